The maximum atomic E-state index is 15.1. The van der Waals surface area contributed by atoms with Crippen molar-refractivity contribution in [3.8, 4) is 11.1 Å². The average Bonchev–Trinajstić information content (AvgIpc) is 3.62. The minimum Gasteiger partial charge on any atom is -0.481 e. The number of aromatic nitrogens is 1. The summed E-state index contributed by atoms with van der Waals surface area (Å²) >= 11 is 1.27. The number of carbonyl (C=O) groups excluding carboxylic acids is 2. The lowest BCUT2D eigenvalue weighted by atomic mass is 9.82. The zero-order valence-corrected chi connectivity index (χ0v) is 29.5. The molecule has 1 fully saturated rings. The highest BCUT2D eigenvalue weighted by Crippen LogP contribution is 2.42. The van der Waals surface area contributed by atoms with Gasteiger partial charge in [-0.05, 0) is 68.4 Å². The number of benzene rings is 2. The molecule has 2 amide bonds. The van der Waals surface area contributed by atoms with Crippen LogP contribution in [0.25, 0.3) is 11.1 Å². The Labute approximate surface area is 286 Å². The first-order chi connectivity index (χ1) is 22.5. The van der Waals surface area contributed by atoms with Gasteiger partial charge in [-0.15, -0.1) is 0 Å². The van der Waals surface area contributed by atoms with Crippen molar-refractivity contribution in [1.29, 1.82) is 0 Å². The molecule has 1 aliphatic heterocycles. The predicted molar refractivity (Wildman–Crippen MR) is 185 cm³/mol. The molecule has 0 bridgehead atoms. The van der Waals surface area contributed by atoms with Crippen molar-refractivity contribution < 1.29 is 33.0 Å². The molecule has 0 aliphatic carbocycles. The summed E-state index contributed by atoms with van der Waals surface area (Å²) in [6, 6.07) is 14.5. The van der Waals surface area contributed by atoms with Crippen LogP contribution in [0.4, 0.5) is 13.6 Å². The van der Waals surface area contributed by atoms with Crippen molar-refractivity contribution in [2.45, 2.75) is 72.6 Å². The first-order valence-corrected chi connectivity index (χ1v) is 17.4. The predicted octanol–water partition coefficient (Wildman–Crippen LogP) is 7.86. The second-order valence-corrected chi connectivity index (χ2v) is 15.6. The van der Waals surface area contributed by atoms with E-state index in [1.165, 1.54) is 17.8 Å². The lowest BCUT2D eigenvalue weighted by molar-refractivity contribution is -0.137. The van der Waals surface area contributed by atoms with Gasteiger partial charge in [-0.3, -0.25) is 9.59 Å². The molecule has 11 heteroatoms. The number of likely N-dealkylation sites (tertiary alicyclic amines) is 1. The molecule has 3 aromatic rings. The van der Waals surface area contributed by atoms with Gasteiger partial charge in [-0.25, -0.2) is 13.6 Å². The molecule has 0 unspecified atom stereocenters. The maximum absolute atomic E-state index is 15.1. The highest BCUT2D eigenvalue weighted by molar-refractivity contribution is 7.99. The normalized spacial score (nSPS) is 15.8. The van der Waals surface area contributed by atoms with E-state index >= 15 is 4.39 Å². The van der Waals surface area contributed by atoms with Gasteiger partial charge in [0.15, 0.2) is 0 Å². The number of halogens is 2. The number of carboxylic acids is 1. The van der Waals surface area contributed by atoms with Gasteiger partial charge in [0.2, 0.25) is 5.91 Å². The summed E-state index contributed by atoms with van der Waals surface area (Å²) < 4.78 is 37.1. The first kappa shape index (κ1) is 37.0. The summed E-state index contributed by atoms with van der Waals surface area (Å²) in [6.07, 6.45) is 2.04. The molecule has 0 spiro atoms. The van der Waals surface area contributed by atoms with Crippen molar-refractivity contribution in [1.82, 2.24) is 14.4 Å². The average molecular weight is 684 g/mol. The number of amides is 2. The Morgan fingerprint density at radius 3 is 2.40 bits per heavy atom. The number of carboxylic acid groups (broad SMARTS) is 1. The summed E-state index contributed by atoms with van der Waals surface area (Å²) in [5.74, 6) is -1.86. The van der Waals surface area contributed by atoms with E-state index in [9.17, 15) is 18.8 Å². The SMILES string of the molecule is CC(C)(C)OC(=O)N1CC[C@H](CN(C(=O)CSCCC(=O)O)[C@@H](c2cc(-c3cc(F)ccc3F)cn2Cc2ccccc2)C(C)(C)C)C1. The van der Waals surface area contributed by atoms with E-state index in [0.717, 1.165) is 23.4 Å². The Hall–Kier alpha value is -3.86. The van der Waals surface area contributed by atoms with E-state index in [1.807, 2.05) is 93.6 Å². The number of thioether (sulfide) groups is 1. The Morgan fingerprint density at radius 2 is 1.75 bits per heavy atom. The lowest BCUT2D eigenvalue weighted by Gasteiger charge is -2.42. The van der Waals surface area contributed by atoms with E-state index in [1.54, 1.807) is 4.90 Å². The molecular weight excluding hydrogens is 636 g/mol. The molecule has 2 atom stereocenters. The Kier molecular flexibility index (Phi) is 12.0. The van der Waals surface area contributed by atoms with Crippen molar-refractivity contribution in [3.63, 3.8) is 0 Å². The van der Waals surface area contributed by atoms with Gasteiger partial charge < -0.3 is 24.2 Å². The van der Waals surface area contributed by atoms with Gasteiger partial charge >= 0.3 is 12.1 Å². The van der Waals surface area contributed by atoms with Crippen LogP contribution >= 0.6 is 11.8 Å². The number of hydrogen-bond donors (Lipinski definition) is 1. The monoisotopic (exact) mass is 683 g/mol. The summed E-state index contributed by atoms with van der Waals surface area (Å²) in [5, 5.41) is 9.14. The minimum absolute atomic E-state index is 0.0343. The number of ether oxygens (including phenoxy) is 1. The van der Waals surface area contributed by atoms with Gasteiger partial charge in [0, 0.05) is 54.9 Å². The number of rotatable bonds is 12. The molecule has 2 aromatic carbocycles. The number of hydrogen-bond acceptors (Lipinski definition) is 5. The number of nitrogens with zero attached hydrogens (tertiary/aromatic N) is 3. The third-order valence-electron chi connectivity index (χ3n) is 8.18. The Bertz CT molecular complexity index is 1580. The van der Waals surface area contributed by atoms with Crippen molar-refractivity contribution in [2.24, 2.45) is 11.3 Å². The van der Waals surface area contributed by atoms with Gasteiger partial charge in [0.05, 0.1) is 18.2 Å². The molecule has 8 nitrogen and oxygen atoms in total. The summed E-state index contributed by atoms with van der Waals surface area (Å²) in [4.78, 5) is 41.8. The molecule has 0 saturated carbocycles. The number of aliphatic carboxylic acids is 1. The van der Waals surface area contributed by atoms with Gasteiger partial charge in [0.1, 0.15) is 17.2 Å². The van der Waals surface area contributed by atoms with Crippen LogP contribution < -0.4 is 0 Å². The highest BCUT2D eigenvalue weighted by atomic mass is 32.2. The van der Waals surface area contributed by atoms with Crippen LogP contribution in [0.1, 0.15) is 71.7 Å². The molecule has 2 heterocycles. The van der Waals surface area contributed by atoms with Crippen molar-refractivity contribution in [2.75, 3.05) is 31.1 Å². The molecule has 0 radical (unpaired) electrons. The second-order valence-electron chi connectivity index (χ2n) is 14.5. The molecule has 48 heavy (non-hydrogen) atoms. The summed E-state index contributed by atoms with van der Waals surface area (Å²) in [5.41, 5.74) is 1.23. The Morgan fingerprint density at radius 1 is 1.04 bits per heavy atom. The molecular formula is C37H47F2N3O5S. The molecule has 4 rings (SSSR count). The van der Waals surface area contributed by atoms with Crippen LogP contribution in [-0.4, -0.2) is 74.2 Å². The summed E-state index contributed by atoms with van der Waals surface area (Å²) in [6.45, 7) is 13.3. The highest BCUT2D eigenvalue weighted by Gasteiger charge is 2.40. The topological polar surface area (TPSA) is 92.1 Å². The molecule has 1 aromatic heterocycles. The minimum atomic E-state index is -0.927. The smallest absolute Gasteiger partial charge is 0.410 e. The van der Waals surface area contributed by atoms with Crippen LogP contribution in [0.15, 0.2) is 60.8 Å². The second kappa shape index (κ2) is 15.6. The van der Waals surface area contributed by atoms with E-state index < -0.39 is 40.8 Å². The van der Waals surface area contributed by atoms with Crippen LogP contribution in [-0.2, 0) is 20.9 Å². The molecule has 1 N–H and O–H groups in total. The molecule has 260 valence electrons. The van der Waals surface area contributed by atoms with Crippen molar-refractivity contribution >= 4 is 29.7 Å². The lowest BCUT2D eigenvalue weighted by Crippen LogP contribution is -2.46. The van der Waals surface area contributed by atoms with Crippen LogP contribution in [0, 0.1) is 23.0 Å². The molecule has 1 saturated heterocycles. The van der Waals surface area contributed by atoms with E-state index in [0.29, 0.717) is 43.9 Å². The van der Waals surface area contributed by atoms with Crippen LogP contribution in [0.3, 0.4) is 0 Å². The van der Waals surface area contributed by atoms with E-state index in [4.69, 9.17) is 9.84 Å². The van der Waals surface area contributed by atoms with Crippen LogP contribution in [0.2, 0.25) is 0 Å². The fourth-order valence-electron chi connectivity index (χ4n) is 6.12. The maximum Gasteiger partial charge on any atom is 0.410 e. The third-order valence-corrected chi connectivity index (χ3v) is 9.12. The number of carbonyl (C=O) groups is 3. The standard InChI is InChI=1S/C37H47F2N3O5S/c1-36(2,3)34(31-18-27(29-19-28(38)12-13-30(29)39)23-41(31)20-25-10-8-7-9-11-25)42(32(43)24-48-17-15-33(44)45)22-26-14-16-40(21-26)35(46)47-37(4,5)6/h7-13,18-19,23,26,34H,14-17,20-22,24H2,1-6H3,(H,44,45)/t26-,34-/m0/s1. The largest absolute Gasteiger partial charge is 0.481 e. The summed E-state index contributed by atoms with van der Waals surface area (Å²) in [7, 11) is 0. The zero-order chi connectivity index (χ0) is 35.2. The zero-order valence-electron chi connectivity index (χ0n) is 28.7. The molecule has 1 aliphatic rings. The Balaban J connectivity index is 1.76. The van der Waals surface area contributed by atoms with Gasteiger partial charge in [0.25, 0.3) is 0 Å². The van der Waals surface area contributed by atoms with Gasteiger partial charge in [-0.2, -0.15) is 11.8 Å². The van der Waals surface area contributed by atoms with Gasteiger partial charge in [-0.1, -0.05) is 51.1 Å². The van der Waals surface area contributed by atoms with E-state index in [-0.39, 0.29) is 29.6 Å². The van der Waals surface area contributed by atoms with E-state index in [2.05, 4.69) is 0 Å². The first-order valence-electron chi connectivity index (χ1n) is 16.3. The van der Waals surface area contributed by atoms with Crippen molar-refractivity contribution in [3.05, 3.63) is 83.7 Å². The third kappa shape index (κ3) is 10.1. The van der Waals surface area contributed by atoms with Crippen LogP contribution in [0.5, 0.6) is 0 Å². The fraction of sp³-hybridized carbons (Fsp3) is 0.486. The fourth-order valence-corrected chi connectivity index (χ4v) is 6.92. The quantitative estimate of drug-likeness (QED) is 0.196.